The average molecular weight is 390 g/mol. The fourth-order valence-corrected chi connectivity index (χ4v) is 2.32. The summed E-state index contributed by atoms with van der Waals surface area (Å²) < 4.78 is 0.888. The van der Waals surface area contributed by atoms with Gasteiger partial charge in [0.05, 0.1) is 5.69 Å². The van der Waals surface area contributed by atoms with E-state index >= 15 is 0 Å². The third kappa shape index (κ3) is 3.99. The molecule has 2 aromatic rings. The number of nitrogens with two attached hydrogens (primary N) is 1. The molecular formula is C17H16BrN3O3. The molecule has 3 amide bonds. The molecule has 0 bridgehead atoms. The number of nitrogen functional groups attached to an aromatic ring is 1. The molecule has 0 aliphatic rings. The number of nitrogens with zero attached hydrogens (tertiary/aromatic N) is 1. The number of rotatable bonds is 2. The summed E-state index contributed by atoms with van der Waals surface area (Å²) >= 11 is 3.36. The van der Waals surface area contributed by atoms with E-state index in [1.54, 1.807) is 30.3 Å². The number of hydrogen-bond donors (Lipinski definition) is 2. The van der Waals surface area contributed by atoms with E-state index in [1.807, 2.05) is 6.92 Å². The van der Waals surface area contributed by atoms with Crippen molar-refractivity contribution in [3.05, 3.63) is 52.5 Å². The van der Waals surface area contributed by atoms with Crippen LogP contribution in [-0.2, 0) is 14.4 Å². The standard InChI is InChI=1S/C17H16BrN3O3/c1-10-9-13(5-8-15(10)18)20-16(23)17(24)21(11(2)22)14-6-3-12(19)4-7-14/h3-9H,19H2,1-2H3,(H,20,23). The highest BCUT2D eigenvalue weighted by Crippen LogP contribution is 2.21. The van der Waals surface area contributed by atoms with Crippen LogP contribution in [0.15, 0.2) is 46.9 Å². The average Bonchev–Trinajstić information content (AvgIpc) is 2.52. The lowest BCUT2D eigenvalue weighted by atomic mass is 10.2. The van der Waals surface area contributed by atoms with E-state index in [0.717, 1.165) is 14.9 Å². The summed E-state index contributed by atoms with van der Waals surface area (Å²) in [5, 5.41) is 2.50. The first kappa shape index (κ1) is 17.7. The van der Waals surface area contributed by atoms with Gasteiger partial charge >= 0.3 is 11.8 Å². The normalized spacial score (nSPS) is 10.1. The minimum absolute atomic E-state index is 0.281. The Bertz CT molecular complexity index is 803. The van der Waals surface area contributed by atoms with Crippen molar-refractivity contribution in [3.8, 4) is 0 Å². The van der Waals surface area contributed by atoms with Crippen LogP contribution in [0.4, 0.5) is 17.1 Å². The second-order valence-corrected chi connectivity index (χ2v) is 6.02. The highest BCUT2D eigenvalue weighted by molar-refractivity contribution is 9.10. The van der Waals surface area contributed by atoms with Crippen molar-refractivity contribution in [2.75, 3.05) is 16.0 Å². The van der Waals surface area contributed by atoms with E-state index < -0.39 is 17.7 Å². The van der Waals surface area contributed by atoms with Gasteiger partial charge in [0, 0.05) is 22.8 Å². The molecule has 0 aromatic heterocycles. The molecule has 0 saturated carbocycles. The number of carbonyl (C=O) groups excluding carboxylic acids is 3. The van der Waals surface area contributed by atoms with Crippen LogP contribution in [0.3, 0.4) is 0 Å². The Morgan fingerprint density at radius 3 is 2.25 bits per heavy atom. The Morgan fingerprint density at radius 2 is 1.71 bits per heavy atom. The number of amides is 3. The molecular weight excluding hydrogens is 374 g/mol. The lowest BCUT2D eigenvalue weighted by Crippen LogP contribution is -2.42. The van der Waals surface area contributed by atoms with Gasteiger partial charge in [-0.25, -0.2) is 4.90 Å². The van der Waals surface area contributed by atoms with E-state index in [4.69, 9.17) is 5.73 Å². The van der Waals surface area contributed by atoms with Crippen LogP contribution < -0.4 is 16.0 Å². The highest BCUT2D eigenvalue weighted by atomic mass is 79.9. The second kappa shape index (κ2) is 7.27. The minimum Gasteiger partial charge on any atom is -0.399 e. The lowest BCUT2D eigenvalue weighted by Gasteiger charge is -2.19. The van der Waals surface area contributed by atoms with Crippen molar-refractivity contribution < 1.29 is 14.4 Å². The number of anilines is 3. The second-order valence-electron chi connectivity index (χ2n) is 5.17. The van der Waals surface area contributed by atoms with Crippen LogP contribution in [0.2, 0.25) is 0 Å². The summed E-state index contributed by atoms with van der Waals surface area (Å²) in [5.74, 6) is -2.43. The summed E-state index contributed by atoms with van der Waals surface area (Å²) in [7, 11) is 0. The van der Waals surface area contributed by atoms with Crippen molar-refractivity contribution >= 4 is 50.7 Å². The van der Waals surface area contributed by atoms with Crippen LogP contribution in [0.25, 0.3) is 0 Å². The Kier molecular flexibility index (Phi) is 5.35. The fourth-order valence-electron chi connectivity index (χ4n) is 2.07. The third-order valence-electron chi connectivity index (χ3n) is 3.28. The van der Waals surface area contributed by atoms with Crippen molar-refractivity contribution in [1.29, 1.82) is 0 Å². The highest BCUT2D eigenvalue weighted by Gasteiger charge is 2.26. The number of benzene rings is 2. The summed E-state index contributed by atoms with van der Waals surface area (Å²) in [6.07, 6.45) is 0. The molecule has 0 spiro atoms. The molecule has 7 heteroatoms. The molecule has 0 fully saturated rings. The first-order valence-electron chi connectivity index (χ1n) is 7.07. The van der Waals surface area contributed by atoms with E-state index in [2.05, 4.69) is 21.2 Å². The summed E-state index contributed by atoms with van der Waals surface area (Å²) in [6, 6.07) is 11.2. The molecule has 0 heterocycles. The third-order valence-corrected chi connectivity index (χ3v) is 4.17. The van der Waals surface area contributed by atoms with Crippen LogP contribution in [0.1, 0.15) is 12.5 Å². The zero-order chi connectivity index (χ0) is 17.9. The number of carbonyl (C=O) groups is 3. The largest absolute Gasteiger partial charge is 0.399 e. The zero-order valence-corrected chi connectivity index (χ0v) is 14.8. The molecule has 6 nitrogen and oxygen atoms in total. The Balaban J connectivity index is 2.22. The number of nitrogens with one attached hydrogen (secondary N) is 1. The number of imide groups is 1. The SMILES string of the molecule is CC(=O)N(C(=O)C(=O)Nc1ccc(Br)c(C)c1)c1ccc(N)cc1. The van der Waals surface area contributed by atoms with Crippen LogP contribution >= 0.6 is 15.9 Å². The van der Waals surface area contributed by atoms with Crippen molar-refractivity contribution in [1.82, 2.24) is 0 Å². The van der Waals surface area contributed by atoms with Crippen LogP contribution in [0, 0.1) is 6.92 Å². The van der Waals surface area contributed by atoms with E-state index in [-0.39, 0.29) is 5.69 Å². The molecule has 0 aliphatic heterocycles. The molecule has 0 atom stereocenters. The van der Waals surface area contributed by atoms with Gasteiger partial charge in [0.15, 0.2) is 0 Å². The lowest BCUT2D eigenvalue weighted by molar-refractivity contribution is -0.136. The molecule has 0 unspecified atom stereocenters. The summed E-state index contributed by atoms with van der Waals surface area (Å²) in [6.45, 7) is 3.07. The first-order valence-corrected chi connectivity index (χ1v) is 7.86. The van der Waals surface area contributed by atoms with Gasteiger partial charge in [0.1, 0.15) is 0 Å². The Morgan fingerprint density at radius 1 is 1.08 bits per heavy atom. The predicted molar refractivity (Wildman–Crippen MR) is 96.5 cm³/mol. The molecule has 124 valence electrons. The van der Waals surface area contributed by atoms with Gasteiger partial charge < -0.3 is 11.1 Å². The topological polar surface area (TPSA) is 92.5 Å². The van der Waals surface area contributed by atoms with Gasteiger partial charge in [0.2, 0.25) is 5.91 Å². The molecule has 0 saturated heterocycles. The number of hydrogen-bond acceptors (Lipinski definition) is 4. The summed E-state index contributed by atoms with van der Waals surface area (Å²) in [5.41, 5.74) is 7.74. The minimum atomic E-state index is -0.965. The summed E-state index contributed by atoms with van der Waals surface area (Å²) in [4.78, 5) is 37.2. The fraction of sp³-hybridized carbons (Fsp3) is 0.118. The van der Waals surface area contributed by atoms with Crippen molar-refractivity contribution in [2.45, 2.75) is 13.8 Å². The van der Waals surface area contributed by atoms with Crippen molar-refractivity contribution in [2.24, 2.45) is 0 Å². The molecule has 2 rings (SSSR count). The monoisotopic (exact) mass is 389 g/mol. The van der Waals surface area contributed by atoms with E-state index in [9.17, 15) is 14.4 Å². The molecule has 3 N–H and O–H groups in total. The Hall–Kier alpha value is -2.67. The van der Waals surface area contributed by atoms with E-state index in [1.165, 1.54) is 19.1 Å². The van der Waals surface area contributed by atoms with E-state index in [0.29, 0.717) is 11.4 Å². The smallest absolute Gasteiger partial charge is 0.323 e. The van der Waals surface area contributed by atoms with Gasteiger partial charge in [0.25, 0.3) is 0 Å². The zero-order valence-electron chi connectivity index (χ0n) is 13.2. The first-order chi connectivity index (χ1) is 11.3. The Labute approximate surface area is 147 Å². The molecule has 2 aromatic carbocycles. The quantitative estimate of drug-likeness (QED) is 0.609. The number of aryl methyl sites for hydroxylation is 1. The maximum Gasteiger partial charge on any atom is 0.323 e. The maximum atomic E-state index is 12.4. The van der Waals surface area contributed by atoms with Gasteiger partial charge in [-0.2, -0.15) is 0 Å². The molecule has 0 aliphatic carbocycles. The van der Waals surface area contributed by atoms with Gasteiger partial charge in [-0.05, 0) is 55.0 Å². The molecule has 0 radical (unpaired) electrons. The van der Waals surface area contributed by atoms with Gasteiger partial charge in [-0.3, -0.25) is 14.4 Å². The maximum absolute atomic E-state index is 12.4. The van der Waals surface area contributed by atoms with Crippen LogP contribution in [-0.4, -0.2) is 17.7 Å². The van der Waals surface area contributed by atoms with Gasteiger partial charge in [-0.15, -0.1) is 0 Å². The molecule has 24 heavy (non-hydrogen) atoms. The predicted octanol–water partition coefficient (Wildman–Crippen LogP) is 2.86. The van der Waals surface area contributed by atoms with Crippen molar-refractivity contribution in [3.63, 3.8) is 0 Å². The number of halogens is 1. The van der Waals surface area contributed by atoms with Crippen LogP contribution in [0.5, 0.6) is 0 Å². The van der Waals surface area contributed by atoms with Gasteiger partial charge in [-0.1, -0.05) is 15.9 Å².